The highest BCUT2D eigenvalue weighted by atomic mass is 16.5. The average Bonchev–Trinajstić information content (AvgIpc) is 2.76. The zero-order chi connectivity index (χ0) is 12.4. The number of nitrogens with zero attached hydrogens (tertiary/aromatic N) is 2. The summed E-state index contributed by atoms with van der Waals surface area (Å²) in [7, 11) is 1.44. The molecule has 0 N–H and O–H groups in total. The van der Waals surface area contributed by atoms with Gasteiger partial charge in [0.15, 0.2) is 5.69 Å². The summed E-state index contributed by atoms with van der Waals surface area (Å²) in [6.07, 6.45) is 4.24. The van der Waals surface area contributed by atoms with Crippen LogP contribution in [0.25, 0.3) is 0 Å². The van der Waals surface area contributed by atoms with Gasteiger partial charge in [0.1, 0.15) is 5.82 Å². The first kappa shape index (κ1) is 12.1. The van der Waals surface area contributed by atoms with Crippen LogP contribution in [0.1, 0.15) is 61.0 Å². The Bertz CT molecular complexity index is 423. The van der Waals surface area contributed by atoms with Crippen LogP contribution in [0.4, 0.5) is 0 Å². The van der Waals surface area contributed by atoms with E-state index in [9.17, 15) is 4.79 Å². The number of ether oxygens (including phenoxy) is 1. The molecule has 0 spiro atoms. The maximum absolute atomic E-state index is 11.9. The molecule has 1 aliphatic rings. The van der Waals surface area contributed by atoms with Gasteiger partial charge in [-0.1, -0.05) is 13.8 Å². The third-order valence-electron chi connectivity index (χ3n) is 3.56. The summed E-state index contributed by atoms with van der Waals surface area (Å²) in [5.74, 6) is 1.11. The van der Waals surface area contributed by atoms with E-state index in [0.29, 0.717) is 11.6 Å². The molecule has 2 rings (SSSR count). The molecule has 94 valence electrons. The lowest BCUT2D eigenvalue weighted by molar-refractivity contribution is 0.0585. The molecular weight excluding hydrogens is 216 g/mol. The molecule has 0 unspecified atom stereocenters. The lowest BCUT2D eigenvalue weighted by atomic mass is 10.0. The number of hydrogen-bond acceptors (Lipinski definition) is 3. The first-order valence-corrected chi connectivity index (χ1v) is 6.36. The Hall–Kier alpha value is -1.32. The number of carbonyl (C=O) groups excluding carboxylic acids is 1. The molecule has 0 saturated carbocycles. The van der Waals surface area contributed by atoms with E-state index in [-0.39, 0.29) is 5.97 Å². The Labute approximate surface area is 102 Å². The Morgan fingerprint density at radius 3 is 2.94 bits per heavy atom. The van der Waals surface area contributed by atoms with Crippen LogP contribution < -0.4 is 0 Å². The van der Waals surface area contributed by atoms with Crippen molar-refractivity contribution in [3.8, 4) is 0 Å². The Balaban J connectivity index is 2.50. The first-order chi connectivity index (χ1) is 8.19. The lowest BCUT2D eigenvalue weighted by Crippen LogP contribution is -2.17. The van der Waals surface area contributed by atoms with Crippen molar-refractivity contribution in [3.05, 3.63) is 17.2 Å². The minimum atomic E-state index is -0.249. The van der Waals surface area contributed by atoms with E-state index < -0.39 is 0 Å². The molecule has 0 radical (unpaired) electrons. The monoisotopic (exact) mass is 236 g/mol. The molecule has 0 aliphatic carbocycles. The number of rotatable bonds is 3. The summed E-state index contributed by atoms with van der Waals surface area (Å²) in [6, 6.07) is 0. The number of carbonyl (C=O) groups is 1. The molecule has 1 aromatic heterocycles. The summed E-state index contributed by atoms with van der Waals surface area (Å²) in [5.41, 5.74) is 1.59. The highest BCUT2D eigenvalue weighted by molar-refractivity contribution is 5.89. The van der Waals surface area contributed by atoms with Crippen LogP contribution in [-0.2, 0) is 17.7 Å². The van der Waals surface area contributed by atoms with Crippen molar-refractivity contribution in [1.82, 2.24) is 9.55 Å². The summed E-state index contributed by atoms with van der Waals surface area (Å²) in [6.45, 7) is 5.12. The molecule has 0 aromatic carbocycles. The average molecular weight is 236 g/mol. The third-order valence-corrected chi connectivity index (χ3v) is 3.56. The van der Waals surface area contributed by atoms with Gasteiger partial charge < -0.3 is 9.30 Å². The van der Waals surface area contributed by atoms with Gasteiger partial charge in [-0.15, -0.1) is 0 Å². The number of esters is 1. The van der Waals surface area contributed by atoms with E-state index >= 15 is 0 Å². The molecule has 0 bridgehead atoms. The van der Waals surface area contributed by atoms with Gasteiger partial charge in [0.05, 0.1) is 12.8 Å². The number of methoxy groups -OCH3 is 1. The van der Waals surface area contributed by atoms with Crippen LogP contribution >= 0.6 is 0 Å². The molecule has 1 atom stereocenters. The van der Waals surface area contributed by atoms with Gasteiger partial charge in [0, 0.05) is 18.9 Å². The molecule has 17 heavy (non-hydrogen) atoms. The molecule has 1 aromatic rings. The molecular formula is C13H20N2O2. The molecule has 2 heterocycles. The fourth-order valence-corrected chi connectivity index (χ4v) is 2.35. The zero-order valence-electron chi connectivity index (χ0n) is 10.8. The quantitative estimate of drug-likeness (QED) is 0.757. The first-order valence-electron chi connectivity index (χ1n) is 6.36. The fraction of sp³-hybridized carbons (Fsp3) is 0.692. The zero-order valence-corrected chi connectivity index (χ0v) is 10.8. The van der Waals surface area contributed by atoms with E-state index in [0.717, 1.165) is 43.7 Å². The maximum atomic E-state index is 11.9. The Morgan fingerprint density at radius 1 is 1.53 bits per heavy atom. The highest BCUT2D eigenvalue weighted by Crippen LogP contribution is 2.27. The van der Waals surface area contributed by atoms with Crippen molar-refractivity contribution < 1.29 is 9.53 Å². The maximum Gasteiger partial charge on any atom is 0.356 e. The van der Waals surface area contributed by atoms with Crippen molar-refractivity contribution in [2.45, 2.75) is 52.0 Å². The van der Waals surface area contributed by atoms with Gasteiger partial charge in [0.2, 0.25) is 0 Å². The van der Waals surface area contributed by atoms with Gasteiger partial charge >= 0.3 is 5.97 Å². The molecule has 4 nitrogen and oxygen atoms in total. The fourth-order valence-electron chi connectivity index (χ4n) is 2.35. The third kappa shape index (κ3) is 2.08. The lowest BCUT2D eigenvalue weighted by Gasteiger charge is -2.15. The number of hydrogen-bond donors (Lipinski definition) is 0. The standard InChI is InChI=1S/C13H20N2O2/c1-4-9(2)11-12(13(16)17-3)15-8-6-5-7-10(15)14-11/h9H,4-8H2,1-3H3/t9-/m0/s1. The summed E-state index contributed by atoms with van der Waals surface area (Å²) in [5, 5.41) is 0. The predicted octanol–water partition coefficient (Wildman–Crippen LogP) is 2.52. The van der Waals surface area contributed by atoms with E-state index in [2.05, 4.69) is 23.4 Å². The minimum absolute atomic E-state index is 0.249. The number of aryl methyl sites for hydroxylation is 1. The van der Waals surface area contributed by atoms with Crippen LogP contribution in [0.3, 0.4) is 0 Å². The van der Waals surface area contributed by atoms with Gasteiger partial charge in [-0.25, -0.2) is 9.78 Å². The van der Waals surface area contributed by atoms with Crippen molar-refractivity contribution in [1.29, 1.82) is 0 Å². The number of aromatic nitrogens is 2. The molecule has 0 fully saturated rings. The second-order valence-electron chi connectivity index (χ2n) is 4.67. The topological polar surface area (TPSA) is 44.1 Å². The van der Waals surface area contributed by atoms with Crippen LogP contribution in [0, 0.1) is 0 Å². The van der Waals surface area contributed by atoms with Crippen molar-refractivity contribution in [2.75, 3.05) is 7.11 Å². The molecule has 4 heteroatoms. The van der Waals surface area contributed by atoms with Crippen molar-refractivity contribution >= 4 is 5.97 Å². The second kappa shape index (κ2) is 4.90. The number of fused-ring (bicyclic) bond motifs is 1. The van der Waals surface area contributed by atoms with E-state index in [1.807, 2.05) is 0 Å². The van der Waals surface area contributed by atoms with Crippen molar-refractivity contribution in [3.63, 3.8) is 0 Å². The highest BCUT2D eigenvalue weighted by Gasteiger charge is 2.27. The largest absolute Gasteiger partial charge is 0.464 e. The van der Waals surface area contributed by atoms with Crippen LogP contribution in [0.15, 0.2) is 0 Å². The smallest absolute Gasteiger partial charge is 0.356 e. The summed E-state index contributed by atoms with van der Waals surface area (Å²) < 4.78 is 6.95. The summed E-state index contributed by atoms with van der Waals surface area (Å²) in [4.78, 5) is 16.6. The van der Waals surface area contributed by atoms with E-state index in [1.165, 1.54) is 7.11 Å². The molecule has 0 amide bonds. The normalized spacial score (nSPS) is 16.4. The van der Waals surface area contributed by atoms with Crippen LogP contribution in [0.5, 0.6) is 0 Å². The Morgan fingerprint density at radius 2 is 2.29 bits per heavy atom. The summed E-state index contributed by atoms with van der Waals surface area (Å²) >= 11 is 0. The SMILES string of the molecule is CC[C@H](C)c1nc2n(c1C(=O)OC)CCCC2. The second-order valence-corrected chi connectivity index (χ2v) is 4.67. The van der Waals surface area contributed by atoms with E-state index in [1.54, 1.807) is 0 Å². The Kier molecular flexibility index (Phi) is 3.50. The van der Waals surface area contributed by atoms with Crippen LogP contribution in [0.2, 0.25) is 0 Å². The molecule has 1 aliphatic heterocycles. The van der Waals surface area contributed by atoms with Gasteiger partial charge in [-0.3, -0.25) is 0 Å². The van der Waals surface area contributed by atoms with Crippen molar-refractivity contribution in [2.24, 2.45) is 0 Å². The van der Waals surface area contributed by atoms with Gasteiger partial charge in [0.25, 0.3) is 0 Å². The van der Waals surface area contributed by atoms with Crippen LogP contribution in [-0.4, -0.2) is 22.6 Å². The number of imidazole rings is 1. The molecule has 0 saturated heterocycles. The predicted molar refractivity (Wildman–Crippen MR) is 65.2 cm³/mol. The van der Waals surface area contributed by atoms with Gasteiger partial charge in [-0.2, -0.15) is 0 Å². The minimum Gasteiger partial charge on any atom is -0.464 e. The van der Waals surface area contributed by atoms with Gasteiger partial charge in [-0.05, 0) is 19.3 Å². The van der Waals surface area contributed by atoms with E-state index in [4.69, 9.17) is 4.74 Å².